The summed E-state index contributed by atoms with van der Waals surface area (Å²) < 4.78 is -0.254. The lowest BCUT2D eigenvalue weighted by molar-refractivity contribution is -0.121. The maximum absolute atomic E-state index is 12.1. The van der Waals surface area contributed by atoms with Crippen LogP contribution < -0.4 is 5.32 Å². The van der Waals surface area contributed by atoms with E-state index < -0.39 is 0 Å². The molecule has 4 heteroatoms. The van der Waals surface area contributed by atoms with Gasteiger partial charge in [0.2, 0.25) is 5.91 Å². The third-order valence-electron chi connectivity index (χ3n) is 5.05. The molecule has 0 aromatic carbocycles. The van der Waals surface area contributed by atoms with E-state index in [4.69, 9.17) is 4.99 Å². The molecule has 2 aliphatic carbocycles. The van der Waals surface area contributed by atoms with E-state index in [1.807, 2.05) is 0 Å². The Morgan fingerprint density at radius 2 is 2.11 bits per heavy atom. The zero-order valence-corrected chi connectivity index (χ0v) is 12.1. The summed E-state index contributed by atoms with van der Waals surface area (Å²) >= 11 is 1.67. The Kier molecular flexibility index (Phi) is 3.16. The number of hydrogen-bond donors (Lipinski definition) is 1. The summed E-state index contributed by atoms with van der Waals surface area (Å²) in [5.41, 5.74) is 0. The number of amidine groups is 1. The highest BCUT2D eigenvalue weighted by atomic mass is 32.2. The summed E-state index contributed by atoms with van der Waals surface area (Å²) in [6.07, 6.45) is 7.13. The number of nitrogens with zero attached hydrogens (tertiary/aromatic N) is 1. The summed E-state index contributed by atoms with van der Waals surface area (Å²) in [6, 6.07) is 0.482. The molecule has 0 unspecified atom stereocenters. The van der Waals surface area contributed by atoms with E-state index in [9.17, 15) is 4.79 Å². The van der Waals surface area contributed by atoms with Crippen molar-refractivity contribution in [2.24, 2.45) is 16.8 Å². The molecule has 1 amide bonds. The Morgan fingerprint density at radius 1 is 1.33 bits per heavy atom. The van der Waals surface area contributed by atoms with Gasteiger partial charge < -0.3 is 5.32 Å². The number of rotatable bonds is 3. The molecule has 18 heavy (non-hydrogen) atoms. The molecule has 1 aliphatic heterocycles. The summed E-state index contributed by atoms with van der Waals surface area (Å²) in [4.78, 5) is 16.9. The van der Waals surface area contributed by atoms with Crippen LogP contribution in [0.5, 0.6) is 0 Å². The molecule has 1 heterocycles. The van der Waals surface area contributed by atoms with Gasteiger partial charge in [-0.05, 0) is 43.9 Å². The van der Waals surface area contributed by atoms with E-state index in [2.05, 4.69) is 19.2 Å². The van der Waals surface area contributed by atoms with Crippen LogP contribution in [-0.4, -0.2) is 21.9 Å². The van der Waals surface area contributed by atoms with Crippen molar-refractivity contribution < 1.29 is 4.79 Å². The average Bonchev–Trinajstić information content (AvgIpc) is 3.04. The molecule has 1 saturated heterocycles. The Morgan fingerprint density at radius 3 is 2.61 bits per heavy atom. The summed E-state index contributed by atoms with van der Waals surface area (Å²) in [5.74, 6) is 1.87. The first-order chi connectivity index (χ1) is 8.66. The summed E-state index contributed by atoms with van der Waals surface area (Å²) in [5, 5.41) is 3.90. The number of amides is 1. The first kappa shape index (κ1) is 12.5. The predicted octanol–water partition coefficient (Wildman–Crippen LogP) is 2.95. The number of hydrogen-bond acceptors (Lipinski definition) is 3. The van der Waals surface area contributed by atoms with E-state index in [0.717, 1.165) is 29.8 Å². The maximum atomic E-state index is 12.1. The predicted molar refractivity (Wildman–Crippen MR) is 75.7 cm³/mol. The molecular formula is C14H22N2OS. The van der Waals surface area contributed by atoms with E-state index in [1.165, 1.54) is 25.7 Å². The Labute approximate surface area is 113 Å². The molecule has 0 aromatic heterocycles. The number of carbonyl (C=O) groups excluding carboxylic acids is 1. The van der Waals surface area contributed by atoms with E-state index in [-0.39, 0.29) is 10.7 Å². The first-order valence-corrected chi connectivity index (χ1v) is 8.06. The fraction of sp³-hybridized carbons (Fsp3) is 0.857. The summed E-state index contributed by atoms with van der Waals surface area (Å²) in [7, 11) is 0. The molecule has 2 bridgehead atoms. The topological polar surface area (TPSA) is 41.5 Å². The molecule has 3 rings (SSSR count). The normalized spacial score (nSPS) is 39.6. The highest BCUT2D eigenvalue weighted by Gasteiger charge is 2.45. The number of nitrogens with one attached hydrogen (secondary N) is 1. The Balaban J connectivity index is 1.73. The standard InChI is InChI=1S/C14H22N2OS/c1-3-14(4-2)12(17)16-13(18-14)15-11-8-9-5-6-10(11)7-9/h9-11H,3-8H2,1-2H3,(H,15,16,17)/t9-,10+,11-/m0/s1. The monoisotopic (exact) mass is 266 g/mol. The second kappa shape index (κ2) is 4.55. The van der Waals surface area contributed by atoms with Crippen LogP contribution in [0.15, 0.2) is 4.99 Å². The second-order valence-corrected chi connectivity index (χ2v) is 7.31. The molecule has 3 atom stereocenters. The largest absolute Gasteiger partial charge is 0.304 e. The van der Waals surface area contributed by atoms with Crippen molar-refractivity contribution in [3.63, 3.8) is 0 Å². The van der Waals surface area contributed by atoms with E-state index in [1.54, 1.807) is 11.8 Å². The molecule has 100 valence electrons. The van der Waals surface area contributed by atoms with Gasteiger partial charge in [0.15, 0.2) is 5.17 Å². The maximum Gasteiger partial charge on any atom is 0.242 e. The molecule has 0 radical (unpaired) electrons. The Bertz CT molecular complexity index is 389. The number of fused-ring (bicyclic) bond motifs is 2. The van der Waals surface area contributed by atoms with Gasteiger partial charge >= 0.3 is 0 Å². The van der Waals surface area contributed by atoms with Crippen molar-refractivity contribution in [1.82, 2.24) is 5.32 Å². The van der Waals surface area contributed by atoms with Crippen LogP contribution in [0.25, 0.3) is 0 Å². The van der Waals surface area contributed by atoms with Crippen molar-refractivity contribution in [2.75, 3.05) is 0 Å². The molecule has 0 spiro atoms. The Hall–Kier alpha value is -0.510. The van der Waals surface area contributed by atoms with Gasteiger partial charge in [0.25, 0.3) is 0 Å². The molecule has 1 N–H and O–H groups in total. The van der Waals surface area contributed by atoms with Crippen molar-refractivity contribution in [1.29, 1.82) is 0 Å². The van der Waals surface area contributed by atoms with Gasteiger partial charge in [-0.3, -0.25) is 9.79 Å². The molecule has 2 saturated carbocycles. The van der Waals surface area contributed by atoms with Gasteiger partial charge in [0.1, 0.15) is 4.75 Å². The molecule has 3 fully saturated rings. The van der Waals surface area contributed by atoms with Gasteiger partial charge in [-0.1, -0.05) is 32.0 Å². The first-order valence-electron chi connectivity index (χ1n) is 7.25. The molecule has 3 nitrogen and oxygen atoms in total. The van der Waals surface area contributed by atoms with Crippen molar-refractivity contribution in [3.8, 4) is 0 Å². The molecule has 0 aromatic rings. The van der Waals surface area contributed by atoms with Gasteiger partial charge in [-0.2, -0.15) is 0 Å². The second-order valence-electron chi connectivity index (χ2n) is 5.93. The van der Waals surface area contributed by atoms with Gasteiger partial charge in [-0.15, -0.1) is 0 Å². The minimum absolute atomic E-state index is 0.166. The number of carbonyl (C=O) groups is 1. The van der Waals surface area contributed by atoms with Crippen LogP contribution in [0.4, 0.5) is 0 Å². The van der Waals surface area contributed by atoms with Crippen LogP contribution >= 0.6 is 11.8 Å². The zero-order valence-electron chi connectivity index (χ0n) is 11.2. The van der Waals surface area contributed by atoms with Gasteiger partial charge in [0, 0.05) is 0 Å². The van der Waals surface area contributed by atoms with E-state index >= 15 is 0 Å². The minimum atomic E-state index is -0.254. The van der Waals surface area contributed by atoms with Gasteiger partial charge in [0.05, 0.1) is 6.04 Å². The fourth-order valence-electron chi connectivity index (χ4n) is 3.76. The van der Waals surface area contributed by atoms with Crippen molar-refractivity contribution >= 4 is 22.8 Å². The van der Waals surface area contributed by atoms with Crippen LogP contribution in [0.3, 0.4) is 0 Å². The lowest BCUT2D eigenvalue weighted by Crippen LogP contribution is -2.35. The van der Waals surface area contributed by atoms with Crippen LogP contribution in [-0.2, 0) is 4.79 Å². The zero-order chi connectivity index (χ0) is 12.8. The summed E-state index contributed by atoms with van der Waals surface area (Å²) in [6.45, 7) is 4.19. The van der Waals surface area contributed by atoms with Crippen LogP contribution in [0, 0.1) is 11.8 Å². The van der Waals surface area contributed by atoms with Crippen molar-refractivity contribution in [2.45, 2.75) is 63.2 Å². The smallest absolute Gasteiger partial charge is 0.242 e. The number of aliphatic imine (C=N–C) groups is 1. The van der Waals surface area contributed by atoms with E-state index in [0.29, 0.717) is 6.04 Å². The fourth-order valence-corrected chi connectivity index (χ4v) is 4.90. The quantitative estimate of drug-likeness (QED) is 0.853. The van der Waals surface area contributed by atoms with Crippen molar-refractivity contribution in [3.05, 3.63) is 0 Å². The lowest BCUT2D eigenvalue weighted by Gasteiger charge is -2.20. The SMILES string of the molecule is CCC1(CC)SC(=N[C@H]2C[C@H]3CC[C@@H]2C3)NC1=O. The third-order valence-corrected chi connectivity index (χ3v) is 6.61. The molecular weight excluding hydrogens is 244 g/mol. The van der Waals surface area contributed by atoms with Crippen LogP contribution in [0.1, 0.15) is 52.4 Å². The minimum Gasteiger partial charge on any atom is -0.304 e. The third kappa shape index (κ3) is 1.89. The highest BCUT2D eigenvalue weighted by molar-refractivity contribution is 8.16. The highest BCUT2D eigenvalue weighted by Crippen LogP contribution is 2.47. The average molecular weight is 266 g/mol. The van der Waals surface area contributed by atoms with Gasteiger partial charge in [-0.25, -0.2) is 0 Å². The van der Waals surface area contributed by atoms with Crippen LogP contribution in [0.2, 0.25) is 0 Å². The lowest BCUT2D eigenvalue weighted by atomic mass is 9.96. The number of thioether (sulfide) groups is 1. The molecule has 3 aliphatic rings.